The molecule has 12 heavy (non-hydrogen) atoms. The summed E-state index contributed by atoms with van der Waals surface area (Å²) in [4.78, 5) is 2.16. The first kappa shape index (κ1) is 11.8. The van der Waals surface area contributed by atoms with Gasteiger partial charge in [-0.15, -0.1) is 0 Å². The van der Waals surface area contributed by atoms with E-state index in [0.717, 1.165) is 19.6 Å². The lowest BCUT2D eigenvalue weighted by Crippen LogP contribution is -2.35. The summed E-state index contributed by atoms with van der Waals surface area (Å²) in [7, 11) is 7.29. The Hall–Kier alpha value is -0.160. The lowest BCUT2D eigenvalue weighted by molar-refractivity contribution is -0.113. The molecule has 0 atom stereocenters. The SMILES string of the molecule is CNCCN(C)CC(OC)OC. The number of rotatable bonds is 7. The van der Waals surface area contributed by atoms with E-state index in [-0.39, 0.29) is 6.29 Å². The highest BCUT2D eigenvalue weighted by molar-refractivity contribution is 4.55. The van der Waals surface area contributed by atoms with Gasteiger partial charge in [0.25, 0.3) is 0 Å². The van der Waals surface area contributed by atoms with E-state index in [9.17, 15) is 0 Å². The summed E-state index contributed by atoms with van der Waals surface area (Å²) in [5.74, 6) is 0. The molecule has 0 aromatic rings. The number of nitrogens with one attached hydrogen (secondary N) is 1. The summed E-state index contributed by atoms with van der Waals surface area (Å²) in [6.07, 6.45) is -0.119. The number of ether oxygens (including phenoxy) is 2. The molecule has 0 saturated heterocycles. The largest absolute Gasteiger partial charge is 0.355 e. The molecule has 0 rings (SSSR count). The van der Waals surface area contributed by atoms with Crippen LogP contribution in [-0.4, -0.2) is 59.1 Å². The fourth-order valence-electron chi connectivity index (χ4n) is 0.894. The monoisotopic (exact) mass is 176 g/mol. The van der Waals surface area contributed by atoms with Crippen molar-refractivity contribution in [3.8, 4) is 0 Å². The van der Waals surface area contributed by atoms with Crippen LogP contribution < -0.4 is 5.32 Å². The molecule has 0 aliphatic rings. The molecule has 0 saturated carbocycles. The van der Waals surface area contributed by atoms with Crippen molar-refractivity contribution in [2.24, 2.45) is 0 Å². The smallest absolute Gasteiger partial charge is 0.169 e. The van der Waals surface area contributed by atoms with Crippen molar-refractivity contribution in [1.82, 2.24) is 10.2 Å². The first-order valence-electron chi connectivity index (χ1n) is 4.13. The van der Waals surface area contributed by atoms with Crippen LogP contribution in [0.15, 0.2) is 0 Å². The lowest BCUT2D eigenvalue weighted by atomic mass is 10.5. The number of methoxy groups -OCH3 is 2. The maximum atomic E-state index is 5.07. The van der Waals surface area contributed by atoms with E-state index in [1.54, 1.807) is 14.2 Å². The Labute approximate surface area is 74.8 Å². The molecule has 1 N–H and O–H groups in total. The molecule has 0 fully saturated rings. The van der Waals surface area contributed by atoms with E-state index in [1.807, 2.05) is 14.1 Å². The second-order valence-electron chi connectivity index (χ2n) is 2.77. The molecular weight excluding hydrogens is 156 g/mol. The minimum Gasteiger partial charge on any atom is -0.355 e. The van der Waals surface area contributed by atoms with Gasteiger partial charge in [-0.1, -0.05) is 0 Å². The number of nitrogens with zero attached hydrogens (tertiary/aromatic N) is 1. The zero-order valence-corrected chi connectivity index (χ0v) is 8.46. The molecule has 0 aliphatic carbocycles. The van der Waals surface area contributed by atoms with E-state index in [2.05, 4.69) is 10.2 Å². The second-order valence-corrected chi connectivity index (χ2v) is 2.77. The van der Waals surface area contributed by atoms with Gasteiger partial charge in [0, 0.05) is 33.9 Å². The quantitative estimate of drug-likeness (QED) is 0.543. The Morgan fingerprint density at radius 3 is 2.33 bits per heavy atom. The van der Waals surface area contributed by atoms with Gasteiger partial charge in [-0.2, -0.15) is 0 Å². The maximum Gasteiger partial charge on any atom is 0.169 e. The Balaban J connectivity index is 3.44. The first-order valence-corrected chi connectivity index (χ1v) is 4.13. The summed E-state index contributed by atoms with van der Waals surface area (Å²) in [6.45, 7) is 2.78. The molecule has 4 nitrogen and oxygen atoms in total. The zero-order valence-electron chi connectivity index (χ0n) is 8.46. The van der Waals surface area contributed by atoms with Gasteiger partial charge in [-0.3, -0.25) is 0 Å². The molecule has 0 bridgehead atoms. The van der Waals surface area contributed by atoms with Crippen LogP contribution in [0.25, 0.3) is 0 Å². The van der Waals surface area contributed by atoms with Gasteiger partial charge in [-0.25, -0.2) is 0 Å². The third-order valence-corrected chi connectivity index (χ3v) is 1.73. The van der Waals surface area contributed by atoms with Crippen LogP contribution in [-0.2, 0) is 9.47 Å². The van der Waals surface area contributed by atoms with Crippen LogP contribution in [0.5, 0.6) is 0 Å². The molecule has 0 aromatic heterocycles. The predicted octanol–water partition coefficient (Wildman–Crippen LogP) is -0.243. The third kappa shape index (κ3) is 5.49. The molecular formula is C8H20N2O2. The van der Waals surface area contributed by atoms with E-state index in [4.69, 9.17) is 9.47 Å². The molecule has 0 aromatic carbocycles. The molecule has 74 valence electrons. The number of hydrogen-bond donors (Lipinski definition) is 1. The Morgan fingerprint density at radius 1 is 1.33 bits per heavy atom. The van der Waals surface area contributed by atoms with Crippen LogP contribution >= 0.6 is 0 Å². The maximum absolute atomic E-state index is 5.07. The van der Waals surface area contributed by atoms with Gasteiger partial charge in [0.2, 0.25) is 0 Å². The third-order valence-electron chi connectivity index (χ3n) is 1.73. The van der Waals surface area contributed by atoms with Crippen LogP contribution in [0, 0.1) is 0 Å². The minimum absolute atomic E-state index is 0.119. The fraction of sp³-hybridized carbons (Fsp3) is 1.00. The van der Waals surface area contributed by atoms with Gasteiger partial charge in [-0.05, 0) is 14.1 Å². The van der Waals surface area contributed by atoms with E-state index < -0.39 is 0 Å². The van der Waals surface area contributed by atoms with Crippen LogP contribution in [0.3, 0.4) is 0 Å². The predicted molar refractivity (Wildman–Crippen MR) is 49.2 cm³/mol. The fourth-order valence-corrected chi connectivity index (χ4v) is 0.894. The van der Waals surface area contributed by atoms with E-state index >= 15 is 0 Å². The lowest BCUT2D eigenvalue weighted by Gasteiger charge is -2.21. The molecule has 4 heteroatoms. The highest BCUT2D eigenvalue weighted by Crippen LogP contribution is 1.93. The Morgan fingerprint density at radius 2 is 1.92 bits per heavy atom. The van der Waals surface area contributed by atoms with Crippen molar-refractivity contribution >= 4 is 0 Å². The summed E-state index contributed by atoms with van der Waals surface area (Å²) in [6, 6.07) is 0. The normalized spacial score (nSPS) is 11.5. The van der Waals surface area contributed by atoms with Crippen molar-refractivity contribution in [2.45, 2.75) is 6.29 Å². The van der Waals surface area contributed by atoms with Gasteiger partial charge in [0.15, 0.2) is 6.29 Å². The van der Waals surface area contributed by atoms with Gasteiger partial charge in [0.05, 0.1) is 0 Å². The highest BCUT2D eigenvalue weighted by atomic mass is 16.7. The van der Waals surface area contributed by atoms with Crippen molar-refractivity contribution in [2.75, 3.05) is 47.9 Å². The number of likely N-dealkylation sites (N-methyl/N-ethyl adjacent to an activating group) is 2. The molecule has 0 radical (unpaired) electrons. The van der Waals surface area contributed by atoms with Crippen LogP contribution in [0.1, 0.15) is 0 Å². The molecule has 0 aliphatic heterocycles. The molecule has 0 spiro atoms. The Bertz CT molecular complexity index is 97.1. The van der Waals surface area contributed by atoms with Crippen molar-refractivity contribution in [3.05, 3.63) is 0 Å². The zero-order chi connectivity index (χ0) is 9.40. The Kier molecular flexibility index (Phi) is 7.39. The molecule has 0 unspecified atom stereocenters. The summed E-state index contributed by atoms with van der Waals surface area (Å²) in [5, 5.41) is 3.08. The van der Waals surface area contributed by atoms with Crippen LogP contribution in [0.2, 0.25) is 0 Å². The van der Waals surface area contributed by atoms with Crippen molar-refractivity contribution in [3.63, 3.8) is 0 Å². The molecule has 0 heterocycles. The first-order chi connectivity index (χ1) is 5.74. The summed E-state index contributed by atoms with van der Waals surface area (Å²) >= 11 is 0. The topological polar surface area (TPSA) is 33.7 Å². The van der Waals surface area contributed by atoms with E-state index in [1.165, 1.54) is 0 Å². The molecule has 0 amide bonds. The summed E-state index contributed by atoms with van der Waals surface area (Å²) in [5.41, 5.74) is 0. The second kappa shape index (κ2) is 7.49. The van der Waals surface area contributed by atoms with Gasteiger partial charge in [0.1, 0.15) is 0 Å². The van der Waals surface area contributed by atoms with Crippen LogP contribution in [0.4, 0.5) is 0 Å². The van der Waals surface area contributed by atoms with Crippen molar-refractivity contribution < 1.29 is 9.47 Å². The summed E-state index contributed by atoms with van der Waals surface area (Å²) < 4.78 is 10.1. The van der Waals surface area contributed by atoms with Gasteiger partial charge < -0.3 is 19.7 Å². The van der Waals surface area contributed by atoms with E-state index in [0.29, 0.717) is 0 Å². The average molecular weight is 176 g/mol. The average Bonchev–Trinajstić information content (AvgIpc) is 2.10. The van der Waals surface area contributed by atoms with Crippen molar-refractivity contribution in [1.29, 1.82) is 0 Å². The minimum atomic E-state index is -0.119. The standard InChI is InChI=1S/C8H20N2O2/c1-9-5-6-10(2)7-8(11-3)12-4/h8-9H,5-7H2,1-4H3. The van der Waals surface area contributed by atoms with Gasteiger partial charge >= 0.3 is 0 Å². The number of hydrogen-bond acceptors (Lipinski definition) is 4. The highest BCUT2D eigenvalue weighted by Gasteiger charge is 2.07.